The van der Waals surface area contributed by atoms with Crippen molar-refractivity contribution in [2.45, 2.75) is 33.7 Å². The molecule has 1 aromatic rings. The molecule has 1 aliphatic heterocycles. The first-order valence-corrected chi connectivity index (χ1v) is 7.10. The molecule has 0 amide bonds. The van der Waals surface area contributed by atoms with Crippen LogP contribution in [0.4, 0.5) is 5.69 Å². The Morgan fingerprint density at radius 1 is 1.39 bits per heavy atom. The third-order valence-electron chi connectivity index (χ3n) is 4.00. The van der Waals surface area contributed by atoms with E-state index in [0.29, 0.717) is 0 Å². The maximum absolute atomic E-state index is 4.48. The van der Waals surface area contributed by atoms with Crippen LogP contribution >= 0.6 is 0 Å². The summed E-state index contributed by atoms with van der Waals surface area (Å²) >= 11 is 0. The molecular formula is C15H25N3. The molecular weight excluding hydrogens is 222 g/mol. The van der Waals surface area contributed by atoms with Crippen LogP contribution < -0.4 is 5.32 Å². The van der Waals surface area contributed by atoms with Gasteiger partial charge in [0.15, 0.2) is 0 Å². The Balaban J connectivity index is 1.94. The van der Waals surface area contributed by atoms with E-state index in [0.717, 1.165) is 24.9 Å². The van der Waals surface area contributed by atoms with E-state index in [-0.39, 0.29) is 0 Å². The number of piperidine rings is 1. The van der Waals surface area contributed by atoms with Gasteiger partial charge in [0.2, 0.25) is 0 Å². The fourth-order valence-corrected chi connectivity index (χ4v) is 2.60. The summed E-state index contributed by atoms with van der Waals surface area (Å²) in [4.78, 5) is 7.01. The standard InChI is InChI=1S/C15H25N3/c1-4-16-14-5-7-17-15(9-14)11-18-8-6-12(2)13(3)10-18/h5,7,9,12-13H,4,6,8,10-11H2,1-3H3,(H,16,17). The van der Waals surface area contributed by atoms with E-state index in [2.05, 4.69) is 42.0 Å². The van der Waals surface area contributed by atoms with Crippen molar-refractivity contribution < 1.29 is 0 Å². The molecule has 0 radical (unpaired) electrons. The molecule has 2 heterocycles. The average molecular weight is 247 g/mol. The number of nitrogens with zero attached hydrogens (tertiary/aromatic N) is 2. The molecule has 3 nitrogen and oxygen atoms in total. The Labute approximate surface area is 111 Å². The predicted octanol–water partition coefficient (Wildman–Crippen LogP) is 2.99. The molecule has 2 rings (SSSR count). The SMILES string of the molecule is CCNc1ccnc(CN2CCC(C)C(C)C2)c1. The van der Waals surface area contributed by atoms with Gasteiger partial charge >= 0.3 is 0 Å². The maximum Gasteiger partial charge on any atom is 0.0564 e. The monoisotopic (exact) mass is 247 g/mol. The molecule has 100 valence electrons. The van der Waals surface area contributed by atoms with E-state index in [9.17, 15) is 0 Å². The minimum Gasteiger partial charge on any atom is -0.385 e. The molecule has 0 spiro atoms. The summed E-state index contributed by atoms with van der Waals surface area (Å²) in [6.07, 6.45) is 3.22. The summed E-state index contributed by atoms with van der Waals surface area (Å²) in [5.41, 5.74) is 2.36. The quantitative estimate of drug-likeness (QED) is 0.886. The van der Waals surface area contributed by atoms with Crippen molar-refractivity contribution in [3.63, 3.8) is 0 Å². The summed E-state index contributed by atoms with van der Waals surface area (Å²) in [5, 5.41) is 3.34. The fraction of sp³-hybridized carbons (Fsp3) is 0.667. The van der Waals surface area contributed by atoms with Gasteiger partial charge in [0.1, 0.15) is 0 Å². The number of hydrogen-bond donors (Lipinski definition) is 1. The number of aromatic nitrogens is 1. The van der Waals surface area contributed by atoms with E-state index >= 15 is 0 Å². The van der Waals surface area contributed by atoms with Gasteiger partial charge < -0.3 is 5.32 Å². The first-order chi connectivity index (χ1) is 8.69. The number of rotatable bonds is 4. The van der Waals surface area contributed by atoms with Gasteiger partial charge in [-0.05, 0) is 43.9 Å². The lowest BCUT2D eigenvalue weighted by Gasteiger charge is -2.35. The summed E-state index contributed by atoms with van der Waals surface area (Å²) in [7, 11) is 0. The van der Waals surface area contributed by atoms with Crippen molar-refractivity contribution in [1.29, 1.82) is 0 Å². The zero-order chi connectivity index (χ0) is 13.0. The van der Waals surface area contributed by atoms with Crippen LogP contribution in [0.1, 0.15) is 32.9 Å². The maximum atomic E-state index is 4.48. The normalized spacial score (nSPS) is 25.1. The van der Waals surface area contributed by atoms with Gasteiger partial charge in [-0.2, -0.15) is 0 Å². The summed E-state index contributed by atoms with van der Waals surface area (Å²) in [5.74, 6) is 1.66. The number of pyridine rings is 1. The Morgan fingerprint density at radius 2 is 2.22 bits per heavy atom. The Bertz CT molecular complexity index is 378. The highest BCUT2D eigenvalue weighted by Gasteiger charge is 2.22. The second kappa shape index (κ2) is 6.19. The van der Waals surface area contributed by atoms with Crippen molar-refractivity contribution in [2.75, 3.05) is 25.0 Å². The van der Waals surface area contributed by atoms with Crippen LogP contribution in [0, 0.1) is 11.8 Å². The zero-order valence-corrected chi connectivity index (χ0v) is 11.8. The molecule has 2 unspecified atom stereocenters. The zero-order valence-electron chi connectivity index (χ0n) is 11.8. The second-order valence-electron chi connectivity index (χ2n) is 5.54. The molecule has 1 aliphatic rings. The Hall–Kier alpha value is -1.09. The fourth-order valence-electron chi connectivity index (χ4n) is 2.60. The molecule has 1 aromatic heterocycles. The number of likely N-dealkylation sites (tertiary alicyclic amines) is 1. The van der Waals surface area contributed by atoms with Crippen LogP contribution in [0.25, 0.3) is 0 Å². The van der Waals surface area contributed by atoms with Crippen LogP contribution in [-0.2, 0) is 6.54 Å². The highest BCUT2D eigenvalue weighted by molar-refractivity contribution is 5.42. The highest BCUT2D eigenvalue weighted by atomic mass is 15.1. The van der Waals surface area contributed by atoms with Gasteiger partial charge in [-0.25, -0.2) is 0 Å². The van der Waals surface area contributed by atoms with Gasteiger partial charge in [0.05, 0.1) is 5.69 Å². The molecule has 0 bridgehead atoms. The lowest BCUT2D eigenvalue weighted by Crippen LogP contribution is -2.38. The van der Waals surface area contributed by atoms with E-state index in [1.165, 1.54) is 30.9 Å². The largest absolute Gasteiger partial charge is 0.385 e. The second-order valence-corrected chi connectivity index (χ2v) is 5.54. The van der Waals surface area contributed by atoms with Crippen molar-refractivity contribution in [3.8, 4) is 0 Å². The molecule has 1 fully saturated rings. The van der Waals surface area contributed by atoms with Gasteiger partial charge in [0, 0.05) is 31.5 Å². The smallest absolute Gasteiger partial charge is 0.0564 e. The summed E-state index contributed by atoms with van der Waals surface area (Å²) in [6.45, 7) is 11.2. The van der Waals surface area contributed by atoms with Crippen molar-refractivity contribution >= 4 is 5.69 Å². The van der Waals surface area contributed by atoms with Crippen LogP contribution in [0.5, 0.6) is 0 Å². The highest BCUT2D eigenvalue weighted by Crippen LogP contribution is 2.23. The molecule has 3 heteroatoms. The average Bonchev–Trinajstić information content (AvgIpc) is 2.35. The van der Waals surface area contributed by atoms with Gasteiger partial charge in [-0.1, -0.05) is 13.8 Å². The Morgan fingerprint density at radius 3 is 2.94 bits per heavy atom. The summed E-state index contributed by atoms with van der Waals surface area (Å²) in [6, 6.07) is 4.21. The number of hydrogen-bond acceptors (Lipinski definition) is 3. The molecule has 0 aliphatic carbocycles. The third kappa shape index (κ3) is 3.45. The van der Waals surface area contributed by atoms with E-state index in [1.807, 2.05) is 12.3 Å². The minimum absolute atomic E-state index is 0.802. The Kier molecular flexibility index (Phi) is 4.59. The topological polar surface area (TPSA) is 28.2 Å². The first-order valence-electron chi connectivity index (χ1n) is 7.10. The van der Waals surface area contributed by atoms with Crippen molar-refractivity contribution in [1.82, 2.24) is 9.88 Å². The summed E-state index contributed by atoms with van der Waals surface area (Å²) < 4.78 is 0. The molecule has 0 aromatic carbocycles. The van der Waals surface area contributed by atoms with E-state index < -0.39 is 0 Å². The van der Waals surface area contributed by atoms with Gasteiger partial charge in [0.25, 0.3) is 0 Å². The van der Waals surface area contributed by atoms with Crippen molar-refractivity contribution in [2.24, 2.45) is 11.8 Å². The number of anilines is 1. The molecule has 0 saturated carbocycles. The number of nitrogens with one attached hydrogen (secondary N) is 1. The van der Waals surface area contributed by atoms with Crippen LogP contribution in [-0.4, -0.2) is 29.5 Å². The van der Waals surface area contributed by atoms with Crippen LogP contribution in [0.3, 0.4) is 0 Å². The van der Waals surface area contributed by atoms with E-state index in [4.69, 9.17) is 0 Å². The van der Waals surface area contributed by atoms with Crippen LogP contribution in [0.15, 0.2) is 18.3 Å². The van der Waals surface area contributed by atoms with Crippen LogP contribution in [0.2, 0.25) is 0 Å². The first kappa shape index (κ1) is 13.3. The molecule has 2 atom stereocenters. The minimum atomic E-state index is 0.802. The van der Waals surface area contributed by atoms with Gasteiger partial charge in [-0.3, -0.25) is 9.88 Å². The van der Waals surface area contributed by atoms with Gasteiger partial charge in [-0.15, -0.1) is 0 Å². The third-order valence-corrected chi connectivity index (χ3v) is 4.00. The lowest BCUT2D eigenvalue weighted by atomic mass is 9.88. The molecule has 18 heavy (non-hydrogen) atoms. The predicted molar refractivity (Wildman–Crippen MR) is 76.6 cm³/mol. The molecule has 1 saturated heterocycles. The van der Waals surface area contributed by atoms with E-state index in [1.54, 1.807) is 0 Å². The lowest BCUT2D eigenvalue weighted by molar-refractivity contribution is 0.131. The molecule has 1 N–H and O–H groups in total. The van der Waals surface area contributed by atoms with Crippen molar-refractivity contribution in [3.05, 3.63) is 24.0 Å².